The number of halogens is 1. The van der Waals surface area contributed by atoms with Crippen LogP contribution in [-0.4, -0.2) is 11.1 Å². The van der Waals surface area contributed by atoms with E-state index in [-0.39, 0.29) is 11.6 Å². The zero-order chi connectivity index (χ0) is 12.7. The Hall–Kier alpha value is -2.56. The van der Waals surface area contributed by atoms with Crippen molar-refractivity contribution >= 4 is 16.9 Å². The van der Waals surface area contributed by atoms with E-state index in [0.717, 1.165) is 0 Å². The molecule has 0 saturated carbocycles. The molecule has 3 rings (SSSR count). The quantitative estimate of drug-likeness (QED) is 0.751. The number of carboxylic acid groups (broad SMARTS) is 1. The van der Waals surface area contributed by atoms with Gasteiger partial charge in [-0.25, -0.2) is 9.18 Å². The molecule has 0 fully saturated rings. The second-order valence-corrected chi connectivity index (χ2v) is 3.76. The number of benzene rings is 1. The molecular weight excluding hydrogens is 239 g/mol. The number of rotatable bonds is 2. The highest BCUT2D eigenvalue weighted by molar-refractivity contribution is 5.86. The van der Waals surface area contributed by atoms with Crippen LogP contribution < -0.4 is 0 Å². The minimum absolute atomic E-state index is 0.170. The van der Waals surface area contributed by atoms with E-state index in [4.69, 9.17) is 13.9 Å². The van der Waals surface area contributed by atoms with Crippen molar-refractivity contribution in [1.82, 2.24) is 0 Å². The van der Waals surface area contributed by atoms with Crippen LogP contribution in [0.15, 0.2) is 45.2 Å². The minimum atomic E-state index is -1.15. The van der Waals surface area contributed by atoms with Crippen LogP contribution in [0, 0.1) is 5.82 Å². The Morgan fingerprint density at radius 3 is 2.61 bits per heavy atom. The molecule has 0 aliphatic carbocycles. The first-order chi connectivity index (χ1) is 8.63. The summed E-state index contributed by atoms with van der Waals surface area (Å²) in [6.07, 6.45) is 0. The van der Waals surface area contributed by atoms with Gasteiger partial charge in [-0.3, -0.25) is 0 Å². The summed E-state index contributed by atoms with van der Waals surface area (Å²) in [4.78, 5) is 10.7. The molecule has 3 aromatic rings. The first kappa shape index (κ1) is 10.6. The zero-order valence-electron chi connectivity index (χ0n) is 9.01. The van der Waals surface area contributed by atoms with E-state index in [1.54, 1.807) is 6.07 Å². The lowest BCUT2D eigenvalue weighted by Gasteiger charge is -1.89. The lowest BCUT2D eigenvalue weighted by molar-refractivity contribution is 0.0663. The molecule has 4 nitrogen and oxygen atoms in total. The molecule has 18 heavy (non-hydrogen) atoms. The maximum Gasteiger partial charge on any atom is 0.371 e. The van der Waals surface area contributed by atoms with E-state index in [1.165, 1.54) is 30.3 Å². The van der Waals surface area contributed by atoms with Crippen LogP contribution in [0.25, 0.3) is 22.5 Å². The standard InChI is InChI=1S/C13H7FO4/c14-8-1-2-9-7(5-8)6-12(17-9)10-3-4-11(18-10)13(15)16/h1-6H,(H,15,16). The Kier molecular flexibility index (Phi) is 2.19. The number of carboxylic acids is 1. The summed E-state index contributed by atoms with van der Waals surface area (Å²) in [5, 5.41) is 9.34. The number of furan rings is 2. The maximum atomic E-state index is 13.0. The largest absolute Gasteiger partial charge is 0.475 e. The number of hydrogen-bond donors (Lipinski definition) is 1. The third-order valence-electron chi connectivity index (χ3n) is 2.54. The Balaban J connectivity index is 2.10. The Labute approximate surface area is 100 Å². The van der Waals surface area contributed by atoms with Crippen molar-refractivity contribution < 1.29 is 23.1 Å². The third-order valence-corrected chi connectivity index (χ3v) is 2.54. The molecule has 0 unspecified atom stereocenters. The highest BCUT2D eigenvalue weighted by Crippen LogP contribution is 2.29. The van der Waals surface area contributed by atoms with Gasteiger partial charge in [-0.2, -0.15) is 0 Å². The highest BCUT2D eigenvalue weighted by atomic mass is 19.1. The summed E-state index contributed by atoms with van der Waals surface area (Å²) in [7, 11) is 0. The van der Waals surface area contributed by atoms with Crippen molar-refractivity contribution in [2.24, 2.45) is 0 Å². The van der Waals surface area contributed by atoms with Crippen LogP contribution in [-0.2, 0) is 0 Å². The van der Waals surface area contributed by atoms with Crippen molar-refractivity contribution in [3.05, 3.63) is 48.0 Å². The first-order valence-corrected chi connectivity index (χ1v) is 5.16. The van der Waals surface area contributed by atoms with Gasteiger partial charge in [0.1, 0.15) is 11.4 Å². The molecular formula is C13H7FO4. The van der Waals surface area contributed by atoms with Gasteiger partial charge >= 0.3 is 5.97 Å². The van der Waals surface area contributed by atoms with Gasteiger partial charge in [0.25, 0.3) is 0 Å². The predicted molar refractivity (Wildman–Crippen MR) is 60.8 cm³/mol. The van der Waals surface area contributed by atoms with Crippen molar-refractivity contribution in [3.63, 3.8) is 0 Å². The summed E-state index contributed by atoms with van der Waals surface area (Å²) < 4.78 is 23.6. The highest BCUT2D eigenvalue weighted by Gasteiger charge is 2.14. The molecule has 0 bridgehead atoms. The molecule has 0 amide bonds. The van der Waals surface area contributed by atoms with E-state index in [2.05, 4.69) is 0 Å². The van der Waals surface area contributed by atoms with E-state index in [0.29, 0.717) is 22.5 Å². The summed E-state index contributed by atoms with van der Waals surface area (Å²) in [6, 6.07) is 8.57. The lowest BCUT2D eigenvalue weighted by Crippen LogP contribution is -1.91. The van der Waals surface area contributed by atoms with E-state index in [1.807, 2.05) is 0 Å². The predicted octanol–water partition coefficient (Wildman–Crippen LogP) is 3.53. The van der Waals surface area contributed by atoms with Gasteiger partial charge in [-0.05, 0) is 36.4 Å². The van der Waals surface area contributed by atoms with Gasteiger partial charge in [-0.15, -0.1) is 0 Å². The summed E-state index contributed by atoms with van der Waals surface area (Å²) in [5.74, 6) is -1.02. The Bertz CT molecular complexity index is 738. The molecule has 1 N–H and O–H groups in total. The molecule has 0 aliphatic rings. The molecule has 0 atom stereocenters. The van der Waals surface area contributed by atoms with Gasteiger partial charge in [0.2, 0.25) is 5.76 Å². The first-order valence-electron chi connectivity index (χ1n) is 5.16. The van der Waals surface area contributed by atoms with E-state index in [9.17, 15) is 9.18 Å². The van der Waals surface area contributed by atoms with Crippen molar-refractivity contribution in [3.8, 4) is 11.5 Å². The molecule has 5 heteroatoms. The van der Waals surface area contributed by atoms with Crippen molar-refractivity contribution in [2.45, 2.75) is 0 Å². The van der Waals surface area contributed by atoms with Crippen LogP contribution in [0.5, 0.6) is 0 Å². The topological polar surface area (TPSA) is 63.6 Å². The van der Waals surface area contributed by atoms with Crippen molar-refractivity contribution in [1.29, 1.82) is 0 Å². The van der Waals surface area contributed by atoms with Crippen LogP contribution in [0.1, 0.15) is 10.6 Å². The number of fused-ring (bicyclic) bond motifs is 1. The van der Waals surface area contributed by atoms with Crippen LogP contribution in [0.4, 0.5) is 4.39 Å². The maximum absolute atomic E-state index is 13.0. The summed E-state index contributed by atoms with van der Waals surface area (Å²) in [5.41, 5.74) is 0.514. The van der Waals surface area contributed by atoms with Crippen molar-refractivity contribution in [2.75, 3.05) is 0 Å². The molecule has 2 aromatic heterocycles. The number of carbonyl (C=O) groups is 1. The minimum Gasteiger partial charge on any atom is -0.475 e. The monoisotopic (exact) mass is 246 g/mol. The number of aromatic carboxylic acids is 1. The fraction of sp³-hybridized carbons (Fsp3) is 0. The second kappa shape index (κ2) is 3.73. The molecule has 0 saturated heterocycles. The summed E-state index contributed by atoms with van der Waals surface area (Å²) in [6.45, 7) is 0. The molecule has 0 aliphatic heterocycles. The van der Waals surface area contributed by atoms with Crippen LogP contribution in [0.3, 0.4) is 0 Å². The average molecular weight is 246 g/mol. The number of hydrogen-bond acceptors (Lipinski definition) is 3. The Morgan fingerprint density at radius 1 is 1.06 bits per heavy atom. The van der Waals surface area contributed by atoms with Gasteiger partial charge in [0.05, 0.1) is 0 Å². The van der Waals surface area contributed by atoms with E-state index < -0.39 is 5.97 Å². The zero-order valence-corrected chi connectivity index (χ0v) is 9.01. The molecule has 1 aromatic carbocycles. The van der Waals surface area contributed by atoms with Gasteiger partial charge in [0.15, 0.2) is 11.5 Å². The average Bonchev–Trinajstić information content (AvgIpc) is 2.93. The van der Waals surface area contributed by atoms with Crippen LogP contribution >= 0.6 is 0 Å². The normalized spacial score (nSPS) is 10.9. The molecule has 2 heterocycles. The smallest absolute Gasteiger partial charge is 0.371 e. The van der Waals surface area contributed by atoms with Gasteiger partial charge < -0.3 is 13.9 Å². The molecule has 90 valence electrons. The van der Waals surface area contributed by atoms with Crippen LogP contribution in [0.2, 0.25) is 0 Å². The fourth-order valence-corrected chi connectivity index (χ4v) is 1.72. The molecule has 0 spiro atoms. The van der Waals surface area contributed by atoms with E-state index >= 15 is 0 Å². The fourth-order valence-electron chi connectivity index (χ4n) is 1.72. The second-order valence-electron chi connectivity index (χ2n) is 3.76. The third kappa shape index (κ3) is 1.66. The van der Waals surface area contributed by atoms with Gasteiger partial charge in [0, 0.05) is 5.39 Å². The Morgan fingerprint density at radius 2 is 1.89 bits per heavy atom. The summed E-state index contributed by atoms with van der Waals surface area (Å²) >= 11 is 0. The SMILES string of the molecule is O=C(O)c1ccc(-c2cc3cc(F)ccc3o2)o1. The molecule has 0 radical (unpaired) electrons. The lowest BCUT2D eigenvalue weighted by atomic mass is 10.2. The van der Waals surface area contributed by atoms with Gasteiger partial charge in [-0.1, -0.05) is 0 Å².